The molecule has 0 aliphatic carbocycles. The zero-order valence-electron chi connectivity index (χ0n) is 11.0. The van der Waals surface area contributed by atoms with Gasteiger partial charge in [-0.05, 0) is 42.0 Å². The number of ether oxygens (including phenoxy) is 1. The fraction of sp³-hybridized carbons (Fsp3) is 0.571. The maximum atomic E-state index is 13.1. The average molecular weight is 240 g/mol. The fourth-order valence-electron chi connectivity index (χ4n) is 1.67. The van der Waals surface area contributed by atoms with Gasteiger partial charge >= 0.3 is 0 Å². The van der Waals surface area contributed by atoms with Crippen molar-refractivity contribution in [1.29, 1.82) is 0 Å². The monoisotopic (exact) mass is 240 g/mol. The Bertz CT molecular complexity index is 369. The van der Waals surface area contributed by atoms with Crippen LogP contribution in [0.3, 0.4) is 0 Å². The van der Waals surface area contributed by atoms with E-state index in [1.807, 2.05) is 20.8 Å². The van der Waals surface area contributed by atoms with Gasteiger partial charge in [0.15, 0.2) is 0 Å². The van der Waals surface area contributed by atoms with E-state index in [1.54, 1.807) is 13.2 Å². The number of rotatable bonds is 4. The maximum absolute atomic E-state index is 13.1. The summed E-state index contributed by atoms with van der Waals surface area (Å²) in [6.07, 6.45) is 0.804. The Morgan fingerprint density at radius 3 is 2.53 bits per heavy atom. The molecule has 0 fully saturated rings. The minimum Gasteiger partial charge on any atom is -0.496 e. The molecule has 1 rings (SSSR count). The number of benzene rings is 1. The summed E-state index contributed by atoms with van der Waals surface area (Å²) in [4.78, 5) is 0. The van der Waals surface area contributed by atoms with Gasteiger partial charge in [-0.25, -0.2) is 4.39 Å². The zero-order valence-corrected chi connectivity index (χ0v) is 11.0. The first-order valence-corrected chi connectivity index (χ1v) is 5.85. The van der Waals surface area contributed by atoms with Gasteiger partial charge in [0, 0.05) is 0 Å². The molecule has 0 aromatic heterocycles. The Balaban J connectivity index is 2.72. The lowest BCUT2D eigenvalue weighted by Crippen LogP contribution is -2.26. The van der Waals surface area contributed by atoms with Gasteiger partial charge in [-0.15, -0.1) is 0 Å². The number of aliphatic hydroxyl groups is 1. The van der Waals surface area contributed by atoms with Crippen molar-refractivity contribution < 1.29 is 14.2 Å². The van der Waals surface area contributed by atoms with Crippen molar-refractivity contribution in [2.45, 2.75) is 39.7 Å². The highest BCUT2D eigenvalue weighted by Crippen LogP contribution is 2.26. The largest absolute Gasteiger partial charge is 0.496 e. The molecule has 0 saturated heterocycles. The summed E-state index contributed by atoms with van der Waals surface area (Å²) in [6, 6.07) is 4.46. The molecule has 2 nitrogen and oxygen atoms in total. The molecule has 0 spiro atoms. The second kappa shape index (κ2) is 5.50. The minimum absolute atomic E-state index is 0.152. The second-order valence-electron chi connectivity index (χ2n) is 5.38. The summed E-state index contributed by atoms with van der Waals surface area (Å²) in [5, 5.41) is 9.95. The van der Waals surface area contributed by atoms with Crippen molar-refractivity contribution >= 4 is 0 Å². The van der Waals surface area contributed by atoms with E-state index < -0.39 is 6.10 Å². The molecule has 0 bridgehead atoms. The molecule has 17 heavy (non-hydrogen) atoms. The molecule has 0 heterocycles. The lowest BCUT2D eigenvalue weighted by Gasteiger charge is -2.26. The molecule has 0 saturated carbocycles. The van der Waals surface area contributed by atoms with Gasteiger partial charge in [0.05, 0.1) is 13.2 Å². The van der Waals surface area contributed by atoms with E-state index in [9.17, 15) is 9.50 Å². The number of methoxy groups -OCH3 is 1. The molecule has 1 N–H and O–H groups in total. The van der Waals surface area contributed by atoms with Crippen LogP contribution >= 0.6 is 0 Å². The summed E-state index contributed by atoms with van der Waals surface area (Å²) >= 11 is 0. The highest BCUT2D eigenvalue weighted by Gasteiger charge is 2.22. The van der Waals surface area contributed by atoms with E-state index in [4.69, 9.17) is 4.74 Å². The zero-order chi connectivity index (χ0) is 13.1. The van der Waals surface area contributed by atoms with Crippen LogP contribution in [-0.2, 0) is 6.42 Å². The van der Waals surface area contributed by atoms with Gasteiger partial charge in [0.1, 0.15) is 11.6 Å². The Morgan fingerprint density at radius 1 is 1.35 bits per heavy atom. The molecular formula is C14H21FO2. The number of halogens is 1. The first-order valence-electron chi connectivity index (χ1n) is 5.85. The van der Waals surface area contributed by atoms with E-state index in [1.165, 1.54) is 12.1 Å². The van der Waals surface area contributed by atoms with Crippen molar-refractivity contribution in [2.24, 2.45) is 5.41 Å². The van der Waals surface area contributed by atoms with Crippen LogP contribution in [0.15, 0.2) is 18.2 Å². The Morgan fingerprint density at radius 2 is 2.00 bits per heavy atom. The van der Waals surface area contributed by atoms with Crippen LogP contribution < -0.4 is 4.74 Å². The van der Waals surface area contributed by atoms with Gasteiger partial charge in [-0.3, -0.25) is 0 Å². The summed E-state index contributed by atoms with van der Waals surface area (Å²) in [5.41, 5.74) is 0.649. The molecule has 1 aromatic rings. The summed E-state index contributed by atoms with van der Waals surface area (Å²) in [7, 11) is 1.57. The second-order valence-corrected chi connectivity index (χ2v) is 5.38. The molecule has 96 valence electrons. The lowest BCUT2D eigenvalue weighted by atomic mass is 9.85. The number of aliphatic hydroxyl groups excluding tert-OH is 1. The van der Waals surface area contributed by atoms with Crippen molar-refractivity contribution in [1.82, 2.24) is 0 Å². The smallest absolute Gasteiger partial charge is 0.123 e. The molecule has 0 amide bonds. The van der Waals surface area contributed by atoms with Crippen LogP contribution in [0.2, 0.25) is 0 Å². The third kappa shape index (κ3) is 4.00. The third-order valence-corrected chi connectivity index (χ3v) is 2.93. The van der Waals surface area contributed by atoms with Crippen LogP contribution in [0, 0.1) is 11.2 Å². The predicted octanol–water partition coefficient (Wildman–Crippen LogP) is 3.17. The standard InChI is InChI=1S/C14H21FO2/c1-14(2,3)13(16)8-5-10-9-11(15)6-7-12(10)17-4/h6-7,9,13,16H,5,8H2,1-4H3. The van der Waals surface area contributed by atoms with Crippen LogP contribution in [0.25, 0.3) is 0 Å². The van der Waals surface area contributed by atoms with E-state index in [-0.39, 0.29) is 11.2 Å². The van der Waals surface area contributed by atoms with Crippen LogP contribution in [0.1, 0.15) is 32.8 Å². The number of hydrogen-bond donors (Lipinski definition) is 1. The maximum Gasteiger partial charge on any atom is 0.123 e. The molecule has 1 atom stereocenters. The predicted molar refractivity (Wildman–Crippen MR) is 66.7 cm³/mol. The molecule has 0 aliphatic heterocycles. The molecule has 3 heteroatoms. The molecule has 1 aromatic carbocycles. The van der Waals surface area contributed by atoms with E-state index in [2.05, 4.69) is 0 Å². The van der Waals surface area contributed by atoms with Crippen molar-refractivity contribution in [3.05, 3.63) is 29.6 Å². The van der Waals surface area contributed by atoms with Crippen molar-refractivity contribution in [3.8, 4) is 5.75 Å². The van der Waals surface area contributed by atoms with Gasteiger partial charge in [0.2, 0.25) is 0 Å². The first kappa shape index (κ1) is 14.0. The van der Waals surface area contributed by atoms with Crippen molar-refractivity contribution in [3.63, 3.8) is 0 Å². The topological polar surface area (TPSA) is 29.5 Å². The third-order valence-electron chi connectivity index (χ3n) is 2.93. The Labute approximate surface area is 102 Å². The Kier molecular flexibility index (Phi) is 4.52. The number of hydrogen-bond acceptors (Lipinski definition) is 2. The van der Waals surface area contributed by atoms with Crippen LogP contribution in [-0.4, -0.2) is 18.3 Å². The molecule has 0 aliphatic rings. The van der Waals surface area contributed by atoms with E-state index in [0.29, 0.717) is 18.6 Å². The number of aryl methyl sites for hydroxylation is 1. The summed E-state index contributed by atoms with van der Waals surface area (Å²) < 4.78 is 18.3. The van der Waals surface area contributed by atoms with E-state index in [0.717, 1.165) is 5.56 Å². The quantitative estimate of drug-likeness (QED) is 0.876. The first-order chi connectivity index (χ1) is 7.84. The minimum atomic E-state index is -0.407. The fourth-order valence-corrected chi connectivity index (χ4v) is 1.67. The average Bonchev–Trinajstić information content (AvgIpc) is 2.24. The summed E-state index contributed by atoms with van der Waals surface area (Å²) in [6.45, 7) is 5.96. The molecule has 0 radical (unpaired) electrons. The van der Waals surface area contributed by atoms with Crippen molar-refractivity contribution in [2.75, 3.05) is 7.11 Å². The normalized spacial score (nSPS) is 13.5. The van der Waals surface area contributed by atoms with Gasteiger partial charge in [0.25, 0.3) is 0 Å². The lowest BCUT2D eigenvalue weighted by molar-refractivity contribution is 0.0558. The SMILES string of the molecule is COc1ccc(F)cc1CCC(O)C(C)(C)C. The van der Waals surface area contributed by atoms with Gasteiger partial charge < -0.3 is 9.84 Å². The molecular weight excluding hydrogens is 219 g/mol. The Hall–Kier alpha value is -1.09. The van der Waals surface area contributed by atoms with Gasteiger partial charge in [-0.2, -0.15) is 0 Å². The highest BCUT2D eigenvalue weighted by atomic mass is 19.1. The molecule has 1 unspecified atom stereocenters. The highest BCUT2D eigenvalue weighted by molar-refractivity contribution is 5.34. The van der Waals surface area contributed by atoms with Crippen LogP contribution in [0.4, 0.5) is 4.39 Å². The van der Waals surface area contributed by atoms with E-state index >= 15 is 0 Å². The van der Waals surface area contributed by atoms with Crippen LogP contribution in [0.5, 0.6) is 5.75 Å². The van der Waals surface area contributed by atoms with Gasteiger partial charge in [-0.1, -0.05) is 20.8 Å². The summed E-state index contributed by atoms with van der Waals surface area (Å²) in [5.74, 6) is 0.401.